The van der Waals surface area contributed by atoms with Crippen LogP contribution in [0.25, 0.3) is 0 Å². The van der Waals surface area contributed by atoms with Crippen LogP contribution in [0.4, 0.5) is 0 Å². The molecule has 7 bridgehead atoms. The third-order valence-electron chi connectivity index (χ3n) is 13.9. The van der Waals surface area contributed by atoms with Crippen molar-refractivity contribution in [3.05, 3.63) is 83.9 Å². The maximum absolute atomic E-state index is 14.1. The molecule has 2 aromatic carbocycles. The maximum atomic E-state index is 14.1. The van der Waals surface area contributed by atoms with Gasteiger partial charge < -0.3 is 33.2 Å². The van der Waals surface area contributed by atoms with Crippen LogP contribution in [-0.4, -0.2) is 103 Å². The Morgan fingerprint density at radius 1 is 0.684 bits per heavy atom. The van der Waals surface area contributed by atoms with Crippen molar-refractivity contribution in [2.45, 2.75) is 89.7 Å². The standard InChI is InChI=1S/C43H45NO13/c1-20-28-31(57-40(51)26-16-12-9-13-17-26)29-35-43-33(41(6,19-45)18-27(37(43)54-23(4)48)56-39(50)25-14-10-8-11-15-25)30(44(35)7)38(55-24(5)49)42(29,36(20)53-22(3)47)34(43)32(28)52-21(2)46/h8-17,19,27-38H,1,18H2,2-7H3. The smallest absolute Gasteiger partial charge is 0.338 e. The number of nitrogens with zero attached hydrogens (tertiary/aromatic N) is 1. The zero-order valence-electron chi connectivity index (χ0n) is 32.4. The SMILES string of the molecule is C=C1C2C(OC(=O)c3ccccc3)C3C4N(C)C5C(OC(C)=O)C3(C1OC(C)=O)C(C2OC(C)=O)C41C(OC(C)=O)C(OC(=O)c2ccccc2)CC(C)(C=O)C51. The number of carbonyl (C=O) groups is 7. The van der Waals surface area contributed by atoms with Crippen LogP contribution in [-0.2, 0) is 52.4 Å². The Balaban J connectivity index is 1.44. The van der Waals surface area contributed by atoms with E-state index in [1.54, 1.807) is 74.6 Å². The van der Waals surface area contributed by atoms with Gasteiger partial charge in [-0.15, -0.1) is 0 Å². The van der Waals surface area contributed by atoms with Crippen LogP contribution >= 0.6 is 0 Å². The van der Waals surface area contributed by atoms with Gasteiger partial charge in [0.05, 0.1) is 28.5 Å². The number of aldehydes is 1. The Morgan fingerprint density at radius 3 is 1.74 bits per heavy atom. The molecule has 10 rings (SSSR count). The lowest BCUT2D eigenvalue weighted by Crippen LogP contribution is -2.81. The average molecular weight is 784 g/mol. The summed E-state index contributed by atoms with van der Waals surface area (Å²) in [6.45, 7) is 11.1. The van der Waals surface area contributed by atoms with Gasteiger partial charge in [-0.2, -0.15) is 0 Å². The molecule has 14 heteroatoms. The van der Waals surface area contributed by atoms with Gasteiger partial charge in [0.1, 0.15) is 42.9 Å². The predicted molar refractivity (Wildman–Crippen MR) is 196 cm³/mol. The first-order valence-electron chi connectivity index (χ1n) is 19.1. The molecular formula is C43H45NO13. The molecule has 6 aliphatic carbocycles. The molecule has 8 fully saturated rings. The number of ether oxygens (including phenoxy) is 6. The summed E-state index contributed by atoms with van der Waals surface area (Å²) in [6.07, 6.45) is -6.45. The number of piperidine rings is 1. The summed E-state index contributed by atoms with van der Waals surface area (Å²) in [7, 11) is 1.81. The van der Waals surface area contributed by atoms with Crippen LogP contribution in [0.2, 0.25) is 0 Å². The molecule has 2 aliphatic heterocycles. The van der Waals surface area contributed by atoms with Gasteiger partial charge in [0.15, 0.2) is 0 Å². The zero-order valence-corrected chi connectivity index (χ0v) is 32.4. The molecule has 15 atom stereocenters. The first-order chi connectivity index (χ1) is 27.0. The fourth-order valence-electron chi connectivity index (χ4n) is 13.0. The van der Waals surface area contributed by atoms with Crippen LogP contribution in [0, 0.1) is 39.9 Å². The zero-order chi connectivity index (χ0) is 40.9. The fourth-order valence-corrected chi connectivity index (χ4v) is 13.0. The molecule has 0 aromatic heterocycles. The van der Waals surface area contributed by atoms with E-state index in [9.17, 15) is 33.6 Å². The van der Waals surface area contributed by atoms with Crippen molar-refractivity contribution in [3.63, 3.8) is 0 Å². The maximum Gasteiger partial charge on any atom is 0.338 e. The Morgan fingerprint density at radius 2 is 1.21 bits per heavy atom. The highest BCUT2D eigenvalue weighted by Crippen LogP contribution is 2.86. The van der Waals surface area contributed by atoms with E-state index >= 15 is 0 Å². The minimum Gasteiger partial charge on any atom is -0.461 e. The lowest BCUT2D eigenvalue weighted by molar-refractivity contribution is -0.312. The Kier molecular flexibility index (Phi) is 9.02. The fraction of sp³-hybridized carbons (Fsp3) is 0.512. The first-order valence-corrected chi connectivity index (χ1v) is 19.1. The Bertz CT molecular complexity index is 2070. The van der Waals surface area contributed by atoms with Crippen molar-refractivity contribution < 1.29 is 62.0 Å². The quantitative estimate of drug-likeness (QED) is 0.156. The summed E-state index contributed by atoms with van der Waals surface area (Å²) < 4.78 is 38.2. The van der Waals surface area contributed by atoms with Crippen LogP contribution in [0.15, 0.2) is 72.8 Å². The summed E-state index contributed by atoms with van der Waals surface area (Å²) in [4.78, 5) is 97.0. The van der Waals surface area contributed by atoms with E-state index < -0.39 is 124 Å². The lowest BCUT2D eigenvalue weighted by Gasteiger charge is -2.71. The van der Waals surface area contributed by atoms with Gasteiger partial charge in [-0.05, 0) is 36.9 Å². The Labute approximate surface area is 329 Å². The van der Waals surface area contributed by atoms with Gasteiger partial charge in [0.2, 0.25) is 0 Å². The van der Waals surface area contributed by atoms with Gasteiger partial charge >= 0.3 is 35.8 Å². The number of carbonyl (C=O) groups excluding carboxylic acids is 7. The van der Waals surface area contributed by atoms with E-state index in [0.717, 1.165) is 6.29 Å². The molecule has 15 unspecified atom stereocenters. The van der Waals surface area contributed by atoms with Crippen molar-refractivity contribution in [1.82, 2.24) is 4.90 Å². The predicted octanol–water partition coefficient (Wildman–Crippen LogP) is 3.50. The number of hydrogen-bond acceptors (Lipinski definition) is 14. The van der Waals surface area contributed by atoms with E-state index in [2.05, 4.69) is 6.58 Å². The van der Waals surface area contributed by atoms with Gasteiger partial charge in [-0.1, -0.05) is 49.9 Å². The number of esters is 6. The van der Waals surface area contributed by atoms with E-state index in [0.29, 0.717) is 0 Å². The number of hydrogen-bond donors (Lipinski definition) is 0. The largest absolute Gasteiger partial charge is 0.461 e. The molecule has 6 saturated carbocycles. The number of benzene rings is 2. The van der Waals surface area contributed by atoms with Crippen molar-refractivity contribution in [2.75, 3.05) is 7.05 Å². The van der Waals surface area contributed by atoms with E-state index in [1.807, 2.05) is 4.90 Å². The normalized spacial score (nSPS) is 40.4. The minimum absolute atomic E-state index is 0.0815. The third kappa shape index (κ3) is 5.14. The molecule has 14 nitrogen and oxygen atoms in total. The summed E-state index contributed by atoms with van der Waals surface area (Å²) in [5.41, 5.74) is -3.55. The number of rotatable bonds is 9. The summed E-state index contributed by atoms with van der Waals surface area (Å²) in [5.74, 6) is -7.81. The summed E-state index contributed by atoms with van der Waals surface area (Å²) in [6, 6.07) is 15.0. The second kappa shape index (κ2) is 13.4. The monoisotopic (exact) mass is 783 g/mol. The van der Waals surface area contributed by atoms with Gasteiger partial charge in [0, 0.05) is 68.7 Å². The number of fused-ring (bicyclic) bond motifs is 1. The van der Waals surface area contributed by atoms with Crippen LogP contribution < -0.4 is 0 Å². The highest BCUT2D eigenvalue weighted by atomic mass is 16.6. The highest BCUT2D eigenvalue weighted by molar-refractivity contribution is 5.90. The lowest BCUT2D eigenvalue weighted by atomic mass is 9.36. The summed E-state index contributed by atoms with van der Waals surface area (Å²) >= 11 is 0. The molecular weight excluding hydrogens is 738 g/mol. The molecule has 2 heterocycles. The summed E-state index contributed by atoms with van der Waals surface area (Å²) in [5, 5.41) is 0. The average Bonchev–Trinajstić information content (AvgIpc) is 3.48. The van der Waals surface area contributed by atoms with E-state index in [4.69, 9.17) is 28.4 Å². The van der Waals surface area contributed by atoms with Crippen LogP contribution in [0.3, 0.4) is 0 Å². The molecule has 2 aromatic rings. The molecule has 0 amide bonds. The van der Waals surface area contributed by atoms with Crippen LogP contribution in [0.1, 0.15) is 61.8 Å². The second-order valence-electron chi connectivity index (χ2n) is 16.7. The molecule has 300 valence electrons. The van der Waals surface area contributed by atoms with Crippen molar-refractivity contribution in [2.24, 2.45) is 39.9 Å². The van der Waals surface area contributed by atoms with Crippen molar-refractivity contribution in [3.8, 4) is 0 Å². The molecule has 8 aliphatic rings. The molecule has 57 heavy (non-hydrogen) atoms. The molecule has 0 N–H and O–H groups in total. The van der Waals surface area contributed by atoms with Crippen LogP contribution in [0.5, 0.6) is 0 Å². The molecule has 2 spiro atoms. The van der Waals surface area contributed by atoms with E-state index in [1.165, 1.54) is 27.7 Å². The third-order valence-corrected chi connectivity index (χ3v) is 13.9. The first kappa shape index (κ1) is 38.5. The van der Waals surface area contributed by atoms with E-state index in [-0.39, 0.29) is 23.1 Å². The molecule has 2 saturated heterocycles. The Hall–Kier alpha value is -5.37. The van der Waals surface area contributed by atoms with Crippen molar-refractivity contribution in [1.29, 1.82) is 0 Å². The van der Waals surface area contributed by atoms with Gasteiger partial charge in [0.25, 0.3) is 0 Å². The molecule has 0 radical (unpaired) electrons. The van der Waals surface area contributed by atoms with Gasteiger partial charge in [-0.3, -0.25) is 24.1 Å². The second-order valence-corrected chi connectivity index (χ2v) is 16.7. The van der Waals surface area contributed by atoms with Crippen molar-refractivity contribution >= 4 is 42.1 Å². The minimum atomic E-state index is -1.53. The topological polar surface area (TPSA) is 178 Å². The number of likely N-dealkylation sites (N-methyl/N-ethyl adjacent to an activating group) is 1. The van der Waals surface area contributed by atoms with Gasteiger partial charge in [-0.25, -0.2) is 9.59 Å². The highest BCUT2D eigenvalue weighted by Gasteiger charge is 2.96.